The van der Waals surface area contributed by atoms with Gasteiger partial charge in [-0.2, -0.15) is 0 Å². The summed E-state index contributed by atoms with van der Waals surface area (Å²) >= 11 is 0. The van der Waals surface area contributed by atoms with E-state index in [-0.39, 0.29) is 5.97 Å². The summed E-state index contributed by atoms with van der Waals surface area (Å²) in [5, 5.41) is 0. The number of hydrogen-bond acceptors (Lipinski definition) is 2. The molecule has 0 N–H and O–H groups in total. The maximum Gasteiger partial charge on any atom is 0.340 e. The monoisotopic (exact) mass is 189 g/mol. The van der Waals surface area contributed by atoms with Gasteiger partial charge in [-0.05, 0) is 24.6 Å². The number of methoxy groups -OCH3 is 1. The Morgan fingerprint density at radius 1 is 1.43 bits per heavy atom. The number of carbonyl (C=O) groups is 1. The van der Waals surface area contributed by atoms with E-state index in [0.29, 0.717) is 5.56 Å². The number of rotatable bonds is 1. The molecule has 0 aromatic carbocycles. The van der Waals surface area contributed by atoms with Gasteiger partial charge in [0.15, 0.2) is 0 Å². The van der Waals surface area contributed by atoms with Gasteiger partial charge in [-0.25, -0.2) is 4.79 Å². The lowest BCUT2D eigenvalue weighted by Gasteiger charge is -1.98. The molecule has 0 saturated carbocycles. The van der Waals surface area contributed by atoms with Gasteiger partial charge in [-0.1, -0.05) is 6.07 Å². The molecule has 0 radical (unpaired) electrons. The van der Waals surface area contributed by atoms with Crippen molar-refractivity contribution in [2.45, 2.75) is 6.92 Å². The van der Waals surface area contributed by atoms with Crippen LogP contribution < -0.4 is 0 Å². The van der Waals surface area contributed by atoms with Crippen molar-refractivity contribution in [3.05, 3.63) is 41.7 Å². The Balaban J connectivity index is 2.74. The maximum absolute atomic E-state index is 11.5. The van der Waals surface area contributed by atoms with Gasteiger partial charge in [-0.3, -0.25) is 0 Å². The number of hydrogen-bond donors (Lipinski definition) is 0. The van der Waals surface area contributed by atoms with Gasteiger partial charge in [0.05, 0.1) is 18.2 Å². The number of nitrogens with zero attached hydrogens (tertiary/aromatic N) is 1. The highest BCUT2D eigenvalue weighted by Crippen LogP contribution is 2.18. The molecule has 0 bridgehead atoms. The molecule has 72 valence electrons. The normalized spacial score (nSPS) is 10.4. The summed E-state index contributed by atoms with van der Waals surface area (Å²) in [6, 6.07) is 5.73. The zero-order valence-electron chi connectivity index (χ0n) is 8.15. The van der Waals surface area contributed by atoms with Crippen molar-refractivity contribution in [2.75, 3.05) is 7.11 Å². The van der Waals surface area contributed by atoms with E-state index in [4.69, 9.17) is 4.74 Å². The molecular formula is C11H11NO2. The number of aromatic nitrogens is 1. The highest BCUT2D eigenvalue weighted by molar-refractivity contribution is 5.98. The second-order valence-corrected chi connectivity index (χ2v) is 3.17. The Morgan fingerprint density at radius 2 is 2.21 bits per heavy atom. The highest BCUT2D eigenvalue weighted by atomic mass is 16.5. The van der Waals surface area contributed by atoms with Crippen LogP contribution in [0.15, 0.2) is 30.6 Å². The molecule has 2 aromatic heterocycles. The molecule has 0 aliphatic rings. The molecule has 0 aliphatic carbocycles. The van der Waals surface area contributed by atoms with Crippen LogP contribution >= 0.6 is 0 Å². The van der Waals surface area contributed by atoms with Crippen LogP contribution in [0, 0.1) is 6.92 Å². The summed E-state index contributed by atoms with van der Waals surface area (Å²) < 4.78 is 6.65. The summed E-state index contributed by atoms with van der Waals surface area (Å²) in [5.41, 5.74) is 2.47. The molecule has 0 saturated heterocycles. The maximum atomic E-state index is 11.5. The van der Waals surface area contributed by atoms with Crippen LogP contribution in [0.5, 0.6) is 0 Å². The minimum Gasteiger partial charge on any atom is -0.465 e. The lowest BCUT2D eigenvalue weighted by atomic mass is 10.2. The van der Waals surface area contributed by atoms with Gasteiger partial charge in [0.1, 0.15) is 0 Å². The van der Waals surface area contributed by atoms with Gasteiger partial charge >= 0.3 is 5.97 Å². The van der Waals surface area contributed by atoms with Crippen LogP contribution in [-0.2, 0) is 4.74 Å². The van der Waals surface area contributed by atoms with Gasteiger partial charge in [0.2, 0.25) is 0 Å². The van der Waals surface area contributed by atoms with Crippen LogP contribution in [0.2, 0.25) is 0 Å². The number of carbonyl (C=O) groups excluding carboxylic acids is 1. The molecule has 0 atom stereocenters. The standard InChI is InChI=1S/C11H11NO2/c1-8-7-12-6-4-3-5-9(12)10(8)11(13)14-2/h3-7H,1-2H3. The van der Waals surface area contributed by atoms with Crippen LogP contribution in [0.4, 0.5) is 0 Å². The van der Waals surface area contributed by atoms with E-state index in [2.05, 4.69) is 0 Å². The van der Waals surface area contributed by atoms with Gasteiger partial charge in [-0.15, -0.1) is 0 Å². The summed E-state index contributed by atoms with van der Waals surface area (Å²) in [6.07, 6.45) is 3.83. The third-order valence-electron chi connectivity index (χ3n) is 2.26. The fraction of sp³-hybridized carbons (Fsp3) is 0.182. The molecular weight excluding hydrogens is 178 g/mol. The Kier molecular flexibility index (Phi) is 2.00. The Labute approximate surface area is 81.9 Å². The Morgan fingerprint density at radius 3 is 2.93 bits per heavy atom. The zero-order chi connectivity index (χ0) is 10.1. The van der Waals surface area contributed by atoms with Crippen LogP contribution in [0.1, 0.15) is 15.9 Å². The average molecular weight is 189 g/mol. The SMILES string of the molecule is COC(=O)c1c(C)cn2ccccc12. The Bertz CT molecular complexity index is 485. The van der Waals surface area contributed by atoms with E-state index in [9.17, 15) is 4.79 Å². The van der Waals surface area contributed by atoms with Crippen molar-refractivity contribution in [3.63, 3.8) is 0 Å². The predicted molar refractivity (Wildman–Crippen MR) is 53.5 cm³/mol. The average Bonchev–Trinajstić information content (AvgIpc) is 2.53. The van der Waals surface area contributed by atoms with Gasteiger partial charge < -0.3 is 9.14 Å². The van der Waals surface area contributed by atoms with Gasteiger partial charge in [0.25, 0.3) is 0 Å². The van der Waals surface area contributed by atoms with Crippen molar-refractivity contribution < 1.29 is 9.53 Å². The summed E-state index contributed by atoms with van der Waals surface area (Å²) in [4.78, 5) is 11.5. The number of ether oxygens (including phenoxy) is 1. The quantitative estimate of drug-likeness (QED) is 0.643. The predicted octanol–water partition coefficient (Wildman–Crippen LogP) is 2.03. The third-order valence-corrected chi connectivity index (χ3v) is 2.26. The van der Waals surface area contributed by atoms with E-state index >= 15 is 0 Å². The molecule has 0 fully saturated rings. The first-order valence-corrected chi connectivity index (χ1v) is 4.38. The smallest absolute Gasteiger partial charge is 0.340 e. The van der Waals surface area contributed by atoms with E-state index in [1.54, 1.807) is 0 Å². The molecule has 2 rings (SSSR count). The van der Waals surface area contributed by atoms with Crippen molar-refractivity contribution in [3.8, 4) is 0 Å². The summed E-state index contributed by atoms with van der Waals surface area (Å²) in [5.74, 6) is -0.281. The fourth-order valence-corrected chi connectivity index (χ4v) is 1.62. The first kappa shape index (κ1) is 8.81. The molecule has 14 heavy (non-hydrogen) atoms. The minimum atomic E-state index is -0.281. The molecule has 0 spiro atoms. The number of esters is 1. The molecule has 2 aromatic rings. The molecule has 2 heterocycles. The van der Waals surface area contributed by atoms with Crippen molar-refractivity contribution in [2.24, 2.45) is 0 Å². The number of aryl methyl sites for hydroxylation is 1. The molecule has 0 unspecified atom stereocenters. The lowest BCUT2D eigenvalue weighted by Crippen LogP contribution is -2.01. The topological polar surface area (TPSA) is 30.7 Å². The molecule has 0 amide bonds. The first-order chi connectivity index (χ1) is 6.74. The van der Waals surface area contributed by atoms with Crippen molar-refractivity contribution in [1.82, 2.24) is 4.40 Å². The van der Waals surface area contributed by atoms with Crippen molar-refractivity contribution in [1.29, 1.82) is 0 Å². The summed E-state index contributed by atoms with van der Waals surface area (Å²) in [7, 11) is 1.40. The van der Waals surface area contributed by atoms with Crippen molar-refractivity contribution >= 4 is 11.5 Å². The molecule has 3 nitrogen and oxygen atoms in total. The lowest BCUT2D eigenvalue weighted by molar-refractivity contribution is 0.0602. The largest absolute Gasteiger partial charge is 0.465 e. The summed E-state index contributed by atoms with van der Waals surface area (Å²) in [6.45, 7) is 1.90. The van der Waals surface area contributed by atoms with Gasteiger partial charge in [0, 0.05) is 12.4 Å². The van der Waals surface area contributed by atoms with Crippen LogP contribution in [-0.4, -0.2) is 17.5 Å². The number of fused-ring (bicyclic) bond motifs is 1. The first-order valence-electron chi connectivity index (χ1n) is 4.38. The van der Waals surface area contributed by atoms with E-state index in [1.807, 2.05) is 41.9 Å². The highest BCUT2D eigenvalue weighted by Gasteiger charge is 2.14. The third kappa shape index (κ3) is 1.18. The van der Waals surface area contributed by atoms with E-state index in [0.717, 1.165) is 11.1 Å². The van der Waals surface area contributed by atoms with E-state index in [1.165, 1.54) is 7.11 Å². The van der Waals surface area contributed by atoms with Crippen LogP contribution in [0.25, 0.3) is 5.52 Å². The molecule has 0 aliphatic heterocycles. The second kappa shape index (κ2) is 3.18. The molecule has 3 heteroatoms. The fourth-order valence-electron chi connectivity index (χ4n) is 1.62. The minimum absolute atomic E-state index is 0.281. The van der Waals surface area contributed by atoms with E-state index < -0.39 is 0 Å². The number of pyridine rings is 1. The Hall–Kier alpha value is -1.77. The van der Waals surface area contributed by atoms with Crippen LogP contribution in [0.3, 0.4) is 0 Å². The zero-order valence-corrected chi connectivity index (χ0v) is 8.15. The second-order valence-electron chi connectivity index (χ2n) is 3.17.